The Bertz CT molecular complexity index is 674. The van der Waals surface area contributed by atoms with Crippen LogP contribution in [0.4, 0.5) is 0 Å². The van der Waals surface area contributed by atoms with Crippen LogP contribution in [0, 0.1) is 0 Å². The van der Waals surface area contributed by atoms with Gasteiger partial charge in [0.25, 0.3) is 0 Å². The van der Waals surface area contributed by atoms with E-state index in [2.05, 4.69) is 32.2 Å². The highest BCUT2D eigenvalue weighted by molar-refractivity contribution is 9.10. The minimum absolute atomic E-state index is 0.934. The fourth-order valence-electron chi connectivity index (χ4n) is 1.58. The molecule has 3 aromatic rings. The number of hydrogen-bond acceptors (Lipinski definition) is 4. The Labute approximate surface area is 115 Å². The molecule has 0 saturated heterocycles. The second-order valence-electron chi connectivity index (χ2n) is 3.41. The van der Waals surface area contributed by atoms with Gasteiger partial charge in [0.15, 0.2) is 0 Å². The lowest BCUT2D eigenvalue weighted by Crippen LogP contribution is -1.86. The van der Waals surface area contributed by atoms with Crippen molar-refractivity contribution in [2.75, 3.05) is 6.26 Å². The lowest BCUT2D eigenvalue weighted by atomic mass is 10.4. The summed E-state index contributed by atoms with van der Waals surface area (Å²) in [5, 5.41) is 1.000. The van der Waals surface area contributed by atoms with Gasteiger partial charge in [-0.3, -0.25) is 4.40 Å². The Morgan fingerprint density at radius 3 is 2.94 bits per heavy atom. The molecule has 0 aliphatic carbocycles. The van der Waals surface area contributed by atoms with Crippen molar-refractivity contribution in [3.63, 3.8) is 0 Å². The van der Waals surface area contributed by atoms with Crippen LogP contribution in [0.2, 0.25) is 0 Å². The number of pyridine rings is 1. The van der Waals surface area contributed by atoms with Crippen molar-refractivity contribution in [3.8, 4) is 10.7 Å². The number of thioether (sulfide) groups is 1. The molecule has 0 aliphatic rings. The minimum Gasteiger partial charge on any atom is -0.296 e. The van der Waals surface area contributed by atoms with Crippen LogP contribution in [0.15, 0.2) is 39.4 Å². The zero-order valence-corrected chi connectivity index (χ0v) is 12.1. The smallest absolute Gasteiger partial charge is 0.142 e. The monoisotopic (exact) mass is 325 g/mol. The summed E-state index contributed by atoms with van der Waals surface area (Å²) < 4.78 is 4.29. The fraction of sp³-hybridized carbons (Fsp3) is 0.0909. The molecular formula is C11H8BrN3S2. The molecule has 3 aromatic heterocycles. The van der Waals surface area contributed by atoms with Crippen molar-refractivity contribution in [3.05, 3.63) is 35.2 Å². The second-order valence-corrected chi connectivity index (χ2v) is 6.46. The maximum Gasteiger partial charge on any atom is 0.142 e. The summed E-state index contributed by atoms with van der Waals surface area (Å²) >= 11 is 6.87. The summed E-state index contributed by atoms with van der Waals surface area (Å²) in [5.74, 6) is 0. The van der Waals surface area contributed by atoms with Crippen LogP contribution >= 0.6 is 39.0 Å². The highest BCUT2D eigenvalue weighted by atomic mass is 79.9. The van der Waals surface area contributed by atoms with E-state index in [0.29, 0.717) is 0 Å². The van der Waals surface area contributed by atoms with Crippen LogP contribution in [-0.2, 0) is 0 Å². The first kappa shape index (κ1) is 11.3. The molecule has 3 rings (SSSR count). The molecule has 3 heterocycles. The quantitative estimate of drug-likeness (QED) is 0.668. The molecule has 6 heteroatoms. The molecule has 0 radical (unpaired) electrons. The van der Waals surface area contributed by atoms with E-state index in [4.69, 9.17) is 0 Å². The topological polar surface area (TPSA) is 30.2 Å². The first-order chi connectivity index (χ1) is 8.28. The highest BCUT2D eigenvalue weighted by Gasteiger charge is 2.10. The molecule has 0 fully saturated rings. The van der Waals surface area contributed by atoms with E-state index >= 15 is 0 Å². The summed E-state index contributed by atoms with van der Waals surface area (Å²) in [7, 11) is 0. The van der Waals surface area contributed by atoms with Crippen LogP contribution in [-0.4, -0.2) is 20.6 Å². The summed E-state index contributed by atoms with van der Waals surface area (Å²) in [6, 6.07) is 3.97. The van der Waals surface area contributed by atoms with Gasteiger partial charge in [-0.2, -0.15) is 0 Å². The first-order valence-electron chi connectivity index (χ1n) is 4.91. The van der Waals surface area contributed by atoms with Crippen LogP contribution < -0.4 is 0 Å². The maximum absolute atomic E-state index is 4.43. The van der Waals surface area contributed by atoms with Gasteiger partial charge in [0.2, 0.25) is 0 Å². The molecule has 0 saturated carbocycles. The van der Waals surface area contributed by atoms with E-state index in [9.17, 15) is 0 Å². The molecule has 17 heavy (non-hydrogen) atoms. The molecule has 0 atom stereocenters. The third kappa shape index (κ3) is 2.00. The zero-order chi connectivity index (χ0) is 11.8. The molecular weight excluding hydrogens is 318 g/mol. The normalized spacial score (nSPS) is 11.2. The number of fused-ring (bicyclic) bond motifs is 1. The number of aromatic nitrogens is 3. The van der Waals surface area contributed by atoms with Gasteiger partial charge < -0.3 is 0 Å². The largest absolute Gasteiger partial charge is 0.296 e. The number of hydrogen-bond donors (Lipinski definition) is 0. The molecule has 0 N–H and O–H groups in total. The van der Waals surface area contributed by atoms with Crippen molar-refractivity contribution in [1.82, 2.24) is 14.4 Å². The molecule has 0 spiro atoms. The van der Waals surface area contributed by atoms with Crippen LogP contribution in [0.25, 0.3) is 16.3 Å². The lowest BCUT2D eigenvalue weighted by Gasteiger charge is -1.98. The van der Waals surface area contributed by atoms with Crippen LogP contribution in [0.5, 0.6) is 0 Å². The summed E-state index contributed by atoms with van der Waals surface area (Å²) in [4.78, 5) is 8.80. The van der Waals surface area contributed by atoms with Gasteiger partial charge >= 0.3 is 0 Å². The number of imidazole rings is 1. The third-order valence-electron chi connectivity index (χ3n) is 2.37. The van der Waals surface area contributed by atoms with Gasteiger partial charge in [-0.25, -0.2) is 9.97 Å². The SMILES string of the molecule is CSc1cnc(-c2cnc3ccc(Br)cn23)s1. The van der Waals surface area contributed by atoms with E-state index < -0.39 is 0 Å². The second kappa shape index (κ2) is 4.44. The van der Waals surface area contributed by atoms with Crippen LogP contribution in [0.3, 0.4) is 0 Å². The van der Waals surface area contributed by atoms with Crippen molar-refractivity contribution >= 4 is 44.7 Å². The predicted molar refractivity (Wildman–Crippen MR) is 75.8 cm³/mol. The average Bonchev–Trinajstić information content (AvgIpc) is 2.93. The Morgan fingerprint density at radius 1 is 1.29 bits per heavy atom. The number of halogens is 1. The Morgan fingerprint density at radius 2 is 2.18 bits per heavy atom. The fourth-order valence-corrected chi connectivity index (χ4v) is 3.31. The van der Waals surface area contributed by atoms with Crippen molar-refractivity contribution < 1.29 is 0 Å². The van der Waals surface area contributed by atoms with Gasteiger partial charge in [-0.05, 0) is 34.3 Å². The van der Waals surface area contributed by atoms with E-state index in [1.165, 1.54) is 4.21 Å². The van der Waals surface area contributed by atoms with E-state index in [1.54, 1.807) is 23.1 Å². The molecule has 0 bridgehead atoms. The van der Waals surface area contributed by atoms with Crippen molar-refractivity contribution in [2.24, 2.45) is 0 Å². The first-order valence-corrected chi connectivity index (χ1v) is 7.74. The average molecular weight is 326 g/mol. The van der Waals surface area contributed by atoms with Crippen LogP contribution in [0.1, 0.15) is 0 Å². The van der Waals surface area contributed by atoms with Gasteiger partial charge in [-0.1, -0.05) is 0 Å². The number of thiazole rings is 1. The molecule has 0 unspecified atom stereocenters. The van der Waals surface area contributed by atoms with Gasteiger partial charge in [-0.15, -0.1) is 23.1 Å². The lowest BCUT2D eigenvalue weighted by molar-refractivity contribution is 1.17. The van der Waals surface area contributed by atoms with Crippen molar-refractivity contribution in [1.29, 1.82) is 0 Å². The number of nitrogens with zero attached hydrogens (tertiary/aromatic N) is 3. The molecule has 0 aromatic carbocycles. The molecule has 86 valence electrons. The Hall–Kier alpha value is -0.850. The Kier molecular flexibility index (Phi) is 2.94. The standard InChI is InChI=1S/C11H8BrN3S2/c1-16-10-5-14-11(17-10)8-4-13-9-3-2-7(12)6-15(8)9/h2-6H,1H3. The molecule has 3 nitrogen and oxygen atoms in total. The molecule has 0 aliphatic heterocycles. The third-order valence-corrected chi connectivity index (χ3v) is 4.92. The van der Waals surface area contributed by atoms with Gasteiger partial charge in [0.1, 0.15) is 16.3 Å². The predicted octanol–water partition coefficient (Wildman–Crippen LogP) is 3.94. The highest BCUT2D eigenvalue weighted by Crippen LogP contribution is 2.30. The summed E-state index contributed by atoms with van der Waals surface area (Å²) in [6.07, 6.45) is 7.84. The van der Waals surface area contributed by atoms with E-state index in [-0.39, 0.29) is 0 Å². The zero-order valence-electron chi connectivity index (χ0n) is 8.92. The van der Waals surface area contributed by atoms with Gasteiger partial charge in [0.05, 0.1) is 16.6 Å². The van der Waals surface area contributed by atoms with Gasteiger partial charge in [0, 0.05) is 10.7 Å². The number of rotatable bonds is 2. The minimum atomic E-state index is 0.934. The van der Waals surface area contributed by atoms with E-state index in [0.717, 1.165) is 20.8 Å². The maximum atomic E-state index is 4.43. The summed E-state index contributed by atoms with van der Waals surface area (Å²) in [6.45, 7) is 0. The Balaban J connectivity index is 2.19. The summed E-state index contributed by atoms with van der Waals surface area (Å²) in [5.41, 5.74) is 1.97. The van der Waals surface area contributed by atoms with Crippen molar-refractivity contribution in [2.45, 2.75) is 4.21 Å². The van der Waals surface area contributed by atoms with E-state index in [1.807, 2.05) is 35.1 Å². The molecule has 0 amide bonds.